The van der Waals surface area contributed by atoms with Crippen molar-refractivity contribution >= 4 is 61.4 Å². The monoisotopic (exact) mass is 409 g/mol. The van der Waals surface area contributed by atoms with Gasteiger partial charge in [0.1, 0.15) is 0 Å². The van der Waals surface area contributed by atoms with Crippen LogP contribution in [0.15, 0.2) is 75.2 Å². The van der Waals surface area contributed by atoms with Gasteiger partial charge in [0.15, 0.2) is 5.17 Å². The van der Waals surface area contributed by atoms with E-state index in [4.69, 9.17) is 0 Å². The average molecular weight is 410 g/mol. The van der Waals surface area contributed by atoms with Crippen LogP contribution in [-0.4, -0.2) is 16.1 Å². The van der Waals surface area contributed by atoms with Crippen molar-refractivity contribution in [1.82, 2.24) is 10.3 Å². The van der Waals surface area contributed by atoms with Crippen LogP contribution in [0.2, 0.25) is 0 Å². The van der Waals surface area contributed by atoms with Crippen LogP contribution in [0.1, 0.15) is 5.56 Å². The van der Waals surface area contributed by atoms with E-state index in [-0.39, 0.29) is 5.91 Å². The minimum atomic E-state index is -0.149. The molecule has 1 N–H and O–H groups in total. The van der Waals surface area contributed by atoms with Gasteiger partial charge in [-0.25, -0.2) is 4.99 Å². The third-order valence-corrected chi connectivity index (χ3v) is 5.26. The molecule has 3 aromatic rings. The molecule has 1 saturated heterocycles. The van der Waals surface area contributed by atoms with Gasteiger partial charge in [0.2, 0.25) is 0 Å². The maximum atomic E-state index is 12.3. The molecular formula is C19H12BrN3OS. The minimum absolute atomic E-state index is 0.149. The van der Waals surface area contributed by atoms with Gasteiger partial charge in [-0.05, 0) is 52.0 Å². The predicted molar refractivity (Wildman–Crippen MR) is 107 cm³/mol. The predicted octanol–water partition coefficient (Wildman–Crippen LogP) is 4.89. The number of nitrogens with zero attached hydrogens (tertiary/aromatic N) is 2. The van der Waals surface area contributed by atoms with Crippen molar-refractivity contribution in [1.29, 1.82) is 0 Å². The maximum absolute atomic E-state index is 12.3. The number of hydrogen-bond donors (Lipinski definition) is 1. The molecule has 1 amide bonds. The van der Waals surface area contributed by atoms with E-state index in [0.717, 1.165) is 26.6 Å². The minimum Gasteiger partial charge on any atom is -0.300 e. The lowest BCUT2D eigenvalue weighted by Crippen LogP contribution is -2.19. The van der Waals surface area contributed by atoms with Crippen LogP contribution in [-0.2, 0) is 4.79 Å². The number of pyridine rings is 1. The number of hydrogen-bond acceptors (Lipinski definition) is 4. The molecule has 1 aliphatic rings. The average Bonchev–Trinajstić information content (AvgIpc) is 2.97. The Morgan fingerprint density at radius 2 is 1.92 bits per heavy atom. The molecule has 1 aromatic heterocycles. The number of aliphatic imine (C=N–C) groups is 1. The van der Waals surface area contributed by atoms with E-state index < -0.39 is 0 Å². The third kappa shape index (κ3) is 3.36. The molecule has 0 bridgehead atoms. The van der Waals surface area contributed by atoms with Crippen LogP contribution in [0.5, 0.6) is 0 Å². The summed E-state index contributed by atoms with van der Waals surface area (Å²) in [5.41, 5.74) is 2.57. The number of amides is 1. The Morgan fingerprint density at radius 1 is 1.08 bits per heavy atom. The Hall–Kier alpha value is -2.44. The molecule has 0 saturated carbocycles. The van der Waals surface area contributed by atoms with Gasteiger partial charge in [0, 0.05) is 21.6 Å². The third-order valence-electron chi connectivity index (χ3n) is 3.68. The molecule has 122 valence electrons. The largest absolute Gasteiger partial charge is 0.300 e. The number of para-hydroxylation sites is 2. The molecule has 1 aliphatic heterocycles. The number of nitrogens with one attached hydrogen (secondary N) is 1. The first-order valence-electron chi connectivity index (χ1n) is 7.58. The van der Waals surface area contributed by atoms with Gasteiger partial charge in [-0.15, -0.1) is 0 Å². The quantitative estimate of drug-likeness (QED) is 0.613. The van der Waals surface area contributed by atoms with E-state index in [0.29, 0.717) is 10.1 Å². The second-order valence-corrected chi connectivity index (χ2v) is 7.24. The highest BCUT2D eigenvalue weighted by Gasteiger charge is 2.24. The van der Waals surface area contributed by atoms with Crippen molar-refractivity contribution in [3.8, 4) is 0 Å². The van der Waals surface area contributed by atoms with Crippen LogP contribution in [0.25, 0.3) is 17.0 Å². The summed E-state index contributed by atoms with van der Waals surface area (Å²) in [5, 5.41) is 4.42. The fourth-order valence-corrected chi connectivity index (χ4v) is 3.72. The summed E-state index contributed by atoms with van der Waals surface area (Å²) < 4.78 is 0.882. The van der Waals surface area contributed by atoms with E-state index in [1.807, 2.05) is 60.7 Å². The topological polar surface area (TPSA) is 54.4 Å². The van der Waals surface area contributed by atoms with E-state index in [2.05, 4.69) is 31.2 Å². The highest BCUT2D eigenvalue weighted by atomic mass is 79.9. The summed E-state index contributed by atoms with van der Waals surface area (Å²) in [6, 6.07) is 17.5. The molecular weight excluding hydrogens is 398 g/mol. The van der Waals surface area contributed by atoms with Gasteiger partial charge in [-0.3, -0.25) is 9.78 Å². The lowest BCUT2D eigenvalue weighted by molar-refractivity contribution is -0.115. The van der Waals surface area contributed by atoms with Crippen LogP contribution in [0.3, 0.4) is 0 Å². The molecule has 6 heteroatoms. The number of thioether (sulfide) groups is 1. The Balaban J connectivity index is 1.69. The van der Waals surface area contributed by atoms with Crippen molar-refractivity contribution in [2.75, 3.05) is 0 Å². The number of carbonyl (C=O) groups is 1. The van der Waals surface area contributed by atoms with Crippen LogP contribution in [0.4, 0.5) is 5.69 Å². The summed E-state index contributed by atoms with van der Waals surface area (Å²) in [7, 11) is 0. The molecule has 0 unspecified atom stereocenters. The lowest BCUT2D eigenvalue weighted by atomic mass is 10.1. The molecule has 2 aromatic carbocycles. The molecule has 25 heavy (non-hydrogen) atoms. The summed E-state index contributed by atoms with van der Waals surface area (Å²) in [5.74, 6) is -0.149. The number of benzene rings is 2. The molecule has 4 nitrogen and oxygen atoms in total. The standard InChI is InChI=1S/C19H12BrN3OS/c20-14-8-1-2-9-15(14)22-19-23-18(24)16(25-19)11-13-6-3-5-12-7-4-10-21-17(12)13/h1-11H,(H,22,23,24). The first kappa shape index (κ1) is 16.1. The normalized spacial score (nSPS) is 17.4. The van der Waals surface area contributed by atoms with Gasteiger partial charge >= 0.3 is 0 Å². The van der Waals surface area contributed by atoms with Gasteiger partial charge in [-0.2, -0.15) is 0 Å². The summed E-state index contributed by atoms with van der Waals surface area (Å²) in [4.78, 5) is 21.8. The molecule has 2 heterocycles. The van der Waals surface area contributed by atoms with Crippen molar-refractivity contribution in [3.63, 3.8) is 0 Å². The summed E-state index contributed by atoms with van der Waals surface area (Å²) in [6.07, 6.45) is 3.61. The van der Waals surface area contributed by atoms with Gasteiger partial charge < -0.3 is 5.32 Å². The Bertz CT molecular complexity index is 1040. The second kappa shape index (κ2) is 6.82. The molecule has 1 fully saturated rings. The zero-order valence-corrected chi connectivity index (χ0v) is 15.3. The SMILES string of the molecule is O=C1NC(=Nc2ccccc2Br)SC1=Cc1cccc2cccnc12. The smallest absolute Gasteiger partial charge is 0.264 e. The van der Waals surface area contributed by atoms with Crippen molar-refractivity contribution in [3.05, 3.63) is 75.7 Å². The Morgan fingerprint density at radius 3 is 2.80 bits per heavy atom. The van der Waals surface area contributed by atoms with Crippen molar-refractivity contribution in [2.24, 2.45) is 4.99 Å². The molecule has 4 rings (SSSR count). The second-order valence-electron chi connectivity index (χ2n) is 5.36. The number of aromatic nitrogens is 1. The highest BCUT2D eigenvalue weighted by Crippen LogP contribution is 2.31. The number of rotatable bonds is 2. The van der Waals surface area contributed by atoms with Crippen molar-refractivity contribution < 1.29 is 4.79 Å². The maximum Gasteiger partial charge on any atom is 0.264 e. The number of fused-ring (bicyclic) bond motifs is 1. The highest BCUT2D eigenvalue weighted by molar-refractivity contribution is 9.10. The van der Waals surface area contributed by atoms with Crippen molar-refractivity contribution in [2.45, 2.75) is 0 Å². The zero-order valence-electron chi connectivity index (χ0n) is 12.9. The first-order chi connectivity index (χ1) is 12.2. The van der Waals surface area contributed by atoms with Gasteiger partial charge in [0.25, 0.3) is 5.91 Å². The summed E-state index contributed by atoms with van der Waals surface area (Å²) in [6.45, 7) is 0. The fourth-order valence-electron chi connectivity index (χ4n) is 2.52. The lowest BCUT2D eigenvalue weighted by Gasteiger charge is -2.01. The first-order valence-corrected chi connectivity index (χ1v) is 9.19. The number of halogens is 1. The number of amidine groups is 1. The van der Waals surface area contributed by atoms with Crippen LogP contribution < -0.4 is 5.32 Å². The zero-order chi connectivity index (χ0) is 17.2. The molecule has 0 radical (unpaired) electrons. The summed E-state index contributed by atoms with van der Waals surface area (Å²) >= 11 is 4.79. The van der Waals surface area contributed by atoms with E-state index in [1.54, 1.807) is 6.20 Å². The Labute approximate surface area is 157 Å². The van der Waals surface area contributed by atoms with E-state index in [1.165, 1.54) is 11.8 Å². The molecule has 0 spiro atoms. The molecule has 0 aliphatic carbocycles. The van der Waals surface area contributed by atoms with Crippen LogP contribution in [0, 0.1) is 0 Å². The van der Waals surface area contributed by atoms with Crippen LogP contribution >= 0.6 is 27.7 Å². The van der Waals surface area contributed by atoms with Gasteiger partial charge in [0.05, 0.1) is 16.1 Å². The Kier molecular flexibility index (Phi) is 4.38. The van der Waals surface area contributed by atoms with E-state index in [9.17, 15) is 4.79 Å². The molecule has 0 atom stereocenters. The number of carbonyl (C=O) groups excluding carboxylic acids is 1. The van der Waals surface area contributed by atoms with E-state index >= 15 is 0 Å². The fraction of sp³-hybridized carbons (Fsp3) is 0. The van der Waals surface area contributed by atoms with Gasteiger partial charge in [-0.1, -0.05) is 36.4 Å².